The van der Waals surface area contributed by atoms with E-state index in [1.54, 1.807) is 16.4 Å². The number of ether oxygens (including phenoxy) is 1. The molecule has 0 atom stereocenters. The van der Waals surface area contributed by atoms with Crippen molar-refractivity contribution >= 4 is 5.65 Å². The lowest BCUT2D eigenvalue weighted by atomic mass is 10.2. The Morgan fingerprint density at radius 1 is 0.846 bits per heavy atom. The van der Waals surface area contributed by atoms with Crippen LogP contribution < -0.4 is 14.9 Å². The van der Waals surface area contributed by atoms with Gasteiger partial charge in [-0.2, -0.15) is 0 Å². The number of aromatic nitrogens is 3. The minimum Gasteiger partial charge on any atom is -0.497 e. The minimum absolute atomic E-state index is 0.117. The first-order chi connectivity index (χ1) is 12.6. The van der Waals surface area contributed by atoms with Crippen LogP contribution in [0.2, 0.25) is 0 Å². The third kappa shape index (κ3) is 2.49. The molecule has 0 bridgehead atoms. The number of pyridine rings is 1. The van der Waals surface area contributed by atoms with E-state index in [0.29, 0.717) is 0 Å². The molecule has 26 heavy (non-hydrogen) atoms. The van der Waals surface area contributed by atoms with Crippen molar-refractivity contribution in [3.63, 3.8) is 0 Å². The highest BCUT2D eigenvalue weighted by Crippen LogP contribution is 2.16. The molecule has 2 aromatic carbocycles. The van der Waals surface area contributed by atoms with Crippen molar-refractivity contribution in [1.29, 1.82) is 0 Å². The fourth-order valence-corrected chi connectivity index (χ4v) is 3.19. The third-order valence-corrected chi connectivity index (χ3v) is 4.54. The van der Waals surface area contributed by atoms with E-state index in [-0.39, 0.29) is 5.69 Å². The van der Waals surface area contributed by atoms with Gasteiger partial charge in [0.25, 0.3) is 0 Å². The smallest absolute Gasteiger partial charge is 0.457 e. The number of rotatable bonds is 3. The average molecular weight is 346 g/mol. The number of nitrogens with zero attached hydrogens (tertiary/aromatic N) is 3. The Morgan fingerprint density at radius 3 is 2.15 bits per heavy atom. The van der Waals surface area contributed by atoms with Crippen molar-refractivity contribution in [1.82, 2.24) is 9.25 Å². The molecule has 0 aliphatic carbocycles. The van der Waals surface area contributed by atoms with Gasteiger partial charge in [0.2, 0.25) is 0 Å². The van der Waals surface area contributed by atoms with Crippen LogP contribution in [0.1, 0.15) is 11.3 Å². The Kier molecular flexibility index (Phi) is 3.84. The number of benzene rings is 2. The van der Waals surface area contributed by atoms with Crippen LogP contribution in [0.25, 0.3) is 17.0 Å². The fourth-order valence-electron chi connectivity index (χ4n) is 3.19. The van der Waals surface area contributed by atoms with Gasteiger partial charge in [0.1, 0.15) is 17.1 Å². The summed E-state index contributed by atoms with van der Waals surface area (Å²) in [5, 5.41) is 0. The fraction of sp³-hybridized carbons (Fsp3) is 0.143. The maximum Gasteiger partial charge on any atom is 0.457 e. The van der Waals surface area contributed by atoms with E-state index in [1.165, 1.54) is 0 Å². The molecule has 0 saturated heterocycles. The van der Waals surface area contributed by atoms with Crippen LogP contribution in [-0.2, 0) is 0 Å². The molecule has 0 fully saturated rings. The highest BCUT2D eigenvalue weighted by atomic mass is 16.5. The summed E-state index contributed by atoms with van der Waals surface area (Å²) >= 11 is 0. The van der Waals surface area contributed by atoms with Gasteiger partial charge in [-0.1, -0.05) is 23.8 Å². The summed E-state index contributed by atoms with van der Waals surface area (Å²) in [7, 11) is 1.63. The summed E-state index contributed by atoms with van der Waals surface area (Å²) < 4.78 is 10.6. The van der Waals surface area contributed by atoms with Crippen molar-refractivity contribution < 1.29 is 9.25 Å². The van der Waals surface area contributed by atoms with Gasteiger partial charge in [-0.15, -0.1) is 13.8 Å². The summed E-state index contributed by atoms with van der Waals surface area (Å²) in [5.74, 6) is 0.757. The van der Waals surface area contributed by atoms with Crippen LogP contribution in [0.15, 0.2) is 71.5 Å². The van der Waals surface area contributed by atoms with E-state index in [1.807, 2.05) is 85.1 Å². The predicted octanol–water partition coefficient (Wildman–Crippen LogP) is 2.99. The second-order valence-electron chi connectivity index (χ2n) is 6.30. The maximum atomic E-state index is 13.4. The van der Waals surface area contributed by atoms with Gasteiger partial charge >= 0.3 is 11.3 Å². The molecule has 5 nitrogen and oxygen atoms in total. The van der Waals surface area contributed by atoms with Gasteiger partial charge in [0, 0.05) is 13.0 Å². The van der Waals surface area contributed by atoms with Crippen LogP contribution in [-0.4, -0.2) is 16.4 Å². The SMILES string of the molecule is COc1ccc(-n2c(=O)n(-c3ccc(C)cc3)[n+]3c(C)cccc23)cc1. The monoisotopic (exact) mass is 346 g/mol. The summed E-state index contributed by atoms with van der Waals surface area (Å²) in [6.07, 6.45) is 0. The molecule has 0 aliphatic heterocycles. The standard InChI is InChI=1S/C21H20N3O2/c1-15-7-9-18(10-8-15)24-21(25)22(17-11-13-19(26-3)14-12-17)20-6-4-5-16(2)23(20)24/h4-14H,1-3H3/q+1. The summed E-state index contributed by atoms with van der Waals surface area (Å²) in [6.45, 7) is 4.03. The predicted molar refractivity (Wildman–Crippen MR) is 101 cm³/mol. The first-order valence-electron chi connectivity index (χ1n) is 8.47. The lowest BCUT2D eigenvalue weighted by Crippen LogP contribution is -2.39. The minimum atomic E-state index is -0.117. The number of aryl methyl sites for hydroxylation is 2. The maximum absolute atomic E-state index is 13.4. The van der Waals surface area contributed by atoms with Crippen molar-refractivity contribution in [2.75, 3.05) is 7.11 Å². The Bertz CT molecular complexity index is 1140. The zero-order chi connectivity index (χ0) is 18.3. The van der Waals surface area contributed by atoms with Gasteiger partial charge < -0.3 is 4.74 Å². The zero-order valence-corrected chi connectivity index (χ0v) is 15.0. The Labute approximate surface area is 151 Å². The van der Waals surface area contributed by atoms with Crippen LogP contribution in [0.5, 0.6) is 5.75 Å². The van der Waals surface area contributed by atoms with E-state index in [4.69, 9.17) is 4.74 Å². The molecule has 4 aromatic rings. The number of fused-ring (bicyclic) bond motifs is 1. The van der Waals surface area contributed by atoms with Crippen LogP contribution in [0.3, 0.4) is 0 Å². The van der Waals surface area contributed by atoms with Gasteiger partial charge in [0.15, 0.2) is 0 Å². The van der Waals surface area contributed by atoms with Crippen LogP contribution in [0, 0.1) is 13.8 Å². The molecular formula is C21H20N3O2+. The summed E-state index contributed by atoms with van der Waals surface area (Å²) in [4.78, 5) is 13.4. The highest BCUT2D eigenvalue weighted by molar-refractivity contribution is 5.46. The van der Waals surface area contributed by atoms with Crippen molar-refractivity contribution in [2.45, 2.75) is 13.8 Å². The zero-order valence-electron chi connectivity index (χ0n) is 15.0. The Hall–Kier alpha value is -3.34. The topological polar surface area (TPSA) is 40.3 Å². The average Bonchev–Trinajstić information content (AvgIpc) is 2.96. The van der Waals surface area contributed by atoms with E-state index in [0.717, 1.165) is 34.0 Å². The van der Waals surface area contributed by atoms with Crippen LogP contribution >= 0.6 is 0 Å². The van der Waals surface area contributed by atoms with Crippen molar-refractivity contribution in [3.8, 4) is 17.1 Å². The molecule has 0 amide bonds. The lowest BCUT2D eigenvalue weighted by molar-refractivity contribution is -0.606. The molecule has 2 heterocycles. The second-order valence-corrected chi connectivity index (χ2v) is 6.30. The van der Waals surface area contributed by atoms with Gasteiger partial charge in [-0.05, 0) is 49.4 Å². The third-order valence-electron chi connectivity index (χ3n) is 4.54. The molecule has 0 unspecified atom stereocenters. The van der Waals surface area contributed by atoms with Crippen molar-refractivity contribution in [2.24, 2.45) is 0 Å². The van der Waals surface area contributed by atoms with Gasteiger partial charge in [-0.25, -0.2) is 4.79 Å². The number of methoxy groups -OCH3 is 1. The van der Waals surface area contributed by atoms with Crippen LogP contribution in [0.4, 0.5) is 0 Å². The molecule has 0 N–H and O–H groups in total. The number of hydrogen-bond donors (Lipinski definition) is 0. The Balaban J connectivity index is 2.05. The normalized spacial score (nSPS) is 11.0. The lowest BCUT2D eigenvalue weighted by Gasteiger charge is -2.01. The molecule has 0 radical (unpaired) electrons. The first-order valence-corrected chi connectivity index (χ1v) is 8.47. The van der Waals surface area contributed by atoms with E-state index >= 15 is 0 Å². The highest BCUT2D eigenvalue weighted by Gasteiger charge is 2.25. The summed E-state index contributed by atoms with van der Waals surface area (Å²) in [6, 6.07) is 21.4. The molecule has 2 aromatic heterocycles. The van der Waals surface area contributed by atoms with E-state index in [9.17, 15) is 4.79 Å². The second kappa shape index (κ2) is 6.19. The first kappa shape index (κ1) is 16.1. The molecule has 0 aliphatic rings. The van der Waals surface area contributed by atoms with Gasteiger partial charge in [0.05, 0.1) is 12.8 Å². The Morgan fingerprint density at radius 2 is 1.50 bits per heavy atom. The number of hydrogen-bond acceptors (Lipinski definition) is 2. The van der Waals surface area contributed by atoms with Gasteiger partial charge in [-0.3, -0.25) is 0 Å². The summed E-state index contributed by atoms with van der Waals surface area (Å²) in [5.41, 5.74) is 4.45. The molecule has 4 rings (SSSR count). The van der Waals surface area contributed by atoms with Crippen molar-refractivity contribution in [3.05, 3.63) is 88.5 Å². The van der Waals surface area contributed by atoms with E-state index in [2.05, 4.69) is 0 Å². The molecule has 0 spiro atoms. The molecular weight excluding hydrogens is 326 g/mol. The largest absolute Gasteiger partial charge is 0.497 e. The molecule has 5 heteroatoms. The molecule has 0 saturated carbocycles. The molecule has 130 valence electrons. The quantitative estimate of drug-likeness (QED) is 0.535. The van der Waals surface area contributed by atoms with E-state index < -0.39 is 0 Å².